The van der Waals surface area contributed by atoms with Crippen LogP contribution in [0.2, 0.25) is 0 Å². The highest BCUT2D eigenvalue weighted by atomic mass is 16.6. The average Bonchev–Trinajstić information content (AvgIpc) is 3.14. The van der Waals surface area contributed by atoms with E-state index < -0.39 is 0 Å². The van der Waals surface area contributed by atoms with Gasteiger partial charge in [-0.2, -0.15) is 0 Å². The molecule has 0 radical (unpaired) electrons. The molecule has 1 unspecified atom stereocenters. The molecule has 164 valence electrons. The minimum Gasteiger partial charge on any atom is -0.399 e. The van der Waals surface area contributed by atoms with Gasteiger partial charge in [-0.15, -0.1) is 0 Å². The van der Waals surface area contributed by atoms with E-state index >= 15 is 0 Å². The first-order chi connectivity index (χ1) is 14.3. The third-order valence-electron chi connectivity index (χ3n) is 4.51. The summed E-state index contributed by atoms with van der Waals surface area (Å²) in [5.74, 6) is 2.54. The van der Waals surface area contributed by atoms with Crippen molar-refractivity contribution in [3.05, 3.63) is 41.7 Å². The van der Waals surface area contributed by atoms with E-state index in [1.165, 1.54) is 32.3 Å². The fraction of sp³-hybridized carbons (Fsp3) is 0.455. The van der Waals surface area contributed by atoms with Crippen molar-refractivity contribution >= 4 is 29.8 Å². The van der Waals surface area contributed by atoms with Gasteiger partial charge in [-0.3, -0.25) is 0 Å². The number of nitrogen functional groups attached to an aromatic ring is 2. The van der Waals surface area contributed by atoms with Crippen LogP contribution in [-0.4, -0.2) is 42.7 Å². The molecule has 1 atom stereocenters. The first-order valence-corrected chi connectivity index (χ1v) is 10.0. The molecule has 3 rings (SSSR count). The summed E-state index contributed by atoms with van der Waals surface area (Å²) in [4.78, 5) is 24.0. The lowest BCUT2D eigenvalue weighted by Crippen LogP contribution is -2.22. The number of oxime groups is 1. The molecule has 1 saturated heterocycles. The third-order valence-corrected chi connectivity index (χ3v) is 4.51. The summed E-state index contributed by atoms with van der Waals surface area (Å²) < 4.78 is 0. The summed E-state index contributed by atoms with van der Waals surface area (Å²) in [7, 11) is 1.49. The number of nitrogens with two attached hydrogens (primary N) is 2. The largest absolute Gasteiger partial charge is 0.399 e. The van der Waals surface area contributed by atoms with Crippen LogP contribution in [0.15, 0.2) is 35.7 Å². The van der Waals surface area contributed by atoms with Gasteiger partial charge in [0.1, 0.15) is 31.4 Å². The van der Waals surface area contributed by atoms with E-state index in [0.717, 1.165) is 36.4 Å². The van der Waals surface area contributed by atoms with E-state index in [9.17, 15) is 0 Å². The molecular weight excluding hydrogens is 380 g/mol. The van der Waals surface area contributed by atoms with Crippen molar-refractivity contribution in [3.8, 4) is 0 Å². The topological polar surface area (TPSA) is 120 Å². The molecule has 0 spiro atoms. The van der Waals surface area contributed by atoms with Gasteiger partial charge in [0.05, 0.1) is 11.8 Å². The summed E-state index contributed by atoms with van der Waals surface area (Å²) >= 11 is 0. The number of rotatable bonds is 4. The first kappa shape index (κ1) is 24.9. The Morgan fingerprint density at radius 3 is 2.37 bits per heavy atom. The summed E-state index contributed by atoms with van der Waals surface area (Å²) in [6.45, 7) is 10.0. The predicted molar refractivity (Wildman–Crippen MR) is 124 cm³/mol. The van der Waals surface area contributed by atoms with Crippen molar-refractivity contribution in [2.45, 2.75) is 40.0 Å². The Labute approximate surface area is 179 Å². The lowest BCUT2D eigenvalue weighted by atomic mass is 10.0. The maximum atomic E-state index is 8.81. The number of carbonyl (C=O) groups is 1. The normalized spacial score (nSPS) is 15.3. The summed E-state index contributed by atoms with van der Waals surface area (Å²) in [6.07, 6.45) is 4.97. The van der Waals surface area contributed by atoms with E-state index in [1.807, 2.05) is 12.1 Å². The van der Waals surface area contributed by atoms with E-state index in [-0.39, 0.29) is 0 Å². The number of aromatic nitrogens is 2. The lowest BCUT2D eigenvalue weighted by molar-refractivity contribution is -0.106. The van der Waals surface area contributed by atoms with Gasteiger partial charge < -0.3 is 26.0 Å². The van der Waals surface area contributed by atoms with Crippen LogP contribution in [-0.2, 0) is 9.63 Å². The van der Waals surface area contributed by atoms with E-state index in [1.54, 1.807) is 6.21 Å². The molecule has 8 nitrogen and oxygen atoms in total. The summed E-state index contributed by atoms with van der Waals surface area (Å²) in [5, 5.41) is 3.74. The molecule has 1 fully saturated rings. The molecule has 4 N–H and O–H groups in total. The third kappa shape index (κ3) is 8.06. The van der Waals surface area contributed by atoms with Crippen molar-refractivity contribution in [1.82, 2.24) is 9.97 Å². The van der Waals surface area contributed by atoms with Crippen LogP contribution < -0.4 is 16.4 Å². The molecule has 1 aromatic heterocycles. The molecule has 1 aliphatic rings. The Kier molecular flexibility index (Phi) is 10.9. The number of benzene rings is 1. The second kappa shape index (κ2) is 13.1. The number of aldehydes is 1. The Hall–Kier alpha value is -3.16. The van der Waals surface area contributed by atoms with E-state index in [0.29, 0.717) is 17.7 Å². The zero-order valence-electron chi connectivity index (χ0n) is 18.6. The van der Waals surface area contributed by atoms with Gasteiger partial charge in [0.15, 0.2) is 0 Å². The SMILES string of the molecule is CC(C)c1ccc(N)cc1.CC=O.CO/N=C/c1c(N)ncnc1N1CCC(C)C1. The summed E-state index contributed by atoms with van der Waals surface area (Å²) in [5.41, 5.74) is 14.3. The minimum absolute atomic E-state index is 0.426. The highest BCUT2D eigenvalue weighted by Gasteiger charge is 2.22. The van der Waals surface area contributed by atoms with Crippen molar-refractivity contribution in [3.63, 3.8) is 0 Å². The van der Waals surface area contributed by atoms with Gasteiger partial charge in [0, 0.05) is 18.8 Å². The Bertz CT molecular complexity index is 793. The van der Waals surface area contributed by atoms with Crippen LogP contribution in [0.25, 0.3) is 0 Å². The maximum Gasteiger partial charge on any atom is 0.143 e. The van der Waals surface area contributed by atoms with Crippen LogP contribution in [0.3, 0.4) is 0 Å². The zero-order valence-corrected chi connectivity index (χ0v) is 18.6. The second-order valence-corrected chi connectivity index (χ2v) is 7.31. The van der Waals surface area contributed by atoms with Crippen molar-refractivity contribution < 1.29 is 9.63 Å². The van der Waals surface area contributed by atoms with Gasteiger partial charge >= 0.3 is 0 Å². The molecule has 0 bridgehead atoms. The molecule has 0 saturated carbocycles. The number of hydrogen-bond acceptors (Lipinski definition) is 8. The van der Waals surface area contributed by atoms with E-state index in [2.05, 4.69) is 57.8 Å². The Balaban J connectivity index is 0.000000294. The number of carbonyl (C=O) groups excluding carboxylic acids is 1. The minimum atomic E-state index is 0.426. The Morgan fingerprint density at radius 1 is 1.23 bits per heavy atom. The number of anilines is 3. The standard InChI is InChI=1S/C11H17N5O.C9H13N.C2H4O/c1-8-3-4-16(6-8)11-9(5-15-17-2)10(12)13-7-14-11;1-7(2)8-3-5-9(10)6-4-8;1-2-3/h5,7-8H,3-4,6H2,1-2H3,(H2,12,13,14);3-7H,10H2,1-2H3;2H,1H3/b15-5+;;. The molecule has 0 aliphatic carbocycles. The van der Waals surface area contributed by atoms with Gasteiger partial charge in [-0.1, -0.05) is 38.1 Å². The molecular formula is C22H34N6O2. The molecule has 1 aliphatic heterocycles. The smallest absolute Gasteiger partial charge is 0.143 e. The molecule has 1 aromatic carbocycles. The zero-order chi connectivity index (χ0) is 22.5. The molecule has 2 aromatic rings. The van der Waals surface area contributed by atoms with E-state index in [4.69, 9.17) is 16.3 Å². The van der Waals surface area contributed by atoms with Crippen LogP contribution >= 0.6 is 0 Å². The predicted octanol–water partition coefficient (Wildman–Crippen LogP) is 3.48. The van der Waals surface area contributed by atoms with Gasteiger partial charge in [-0.25, -0.2) is 9.97 Å². The van der Waals surface area contributed by atoms with Crippen molar-refractivity contribution in [1.29, 1.82) is 0 Å². The highest BCUT2D eigenvalue weighted by molar-refractivity contribution is 5.91. The van der Waals surface area contributed by atoms with Crippen LogP contribution in [0.5, 0.6) is 0 Å². The fourth-order valence-electron chi connectivity index (χ4n) is 2.89. The van der Waals surface area contributed by atoms with Crippen LogP contribution in [0.4, 0.5) is 17.3 Å². The number of hydrogen-bond donors (Lipinski definition) is 2. The molecule has 2 heterocycles. The Morgan fingerprint density at radius 2 is 1.87 bits per heavy atom. The van der Waals surface area contributed by atoms with Crippen LogP contribution in [0.1, 0.15) is 51.2 Å². The lowest BCUT2D eigenvalue weighted by Gasteiger charge is -2.19. The van der Waals surface area contributed by atoms with Crippen LogP contribution in [0, 0.1) is 5.92 Å². The quantitative estimate of drug-likeness (QED) is 0.340. The molecule has 0 amide bonds. The van der Waals surface area contributed by atoms with Crippen molar-refractivity contribution in [2.75, 3.05) is 36.6 Å². The average molecular weight is 415 g/mol. The van der Waals surface area contributed by atoms with Crippen molar-refractivity contribution in [2.24, 2.45) is 11.1 Å². The molecule has 8 heteroatoms. The molecule has 30 heavy (non-hydrogen) atoms. The number of nitrogens with zero attached hydrogens (tertiary/aromatic N) is 4. The monoisotopic (exact) mass is 414 g/mol. The van der Waals surface area contributed by atoms with Gasteiger partial charge in [0.2, 0.25) is 0 Å². The first-order valence-electron chi connectivity index (χ1n) is 10.0. The fourth-order valence-corrected chi connectivity index (χ4v) is 2.89. The maximum absolute atomic E-state index is 8.81. The highest BCUT2D eigenvalue weighted by Crippen LogP contribution is 2.25. The second-order valence-electron chi connectivity index (χ2n) is 7.31. The summed E-state index contributed by atoms with van der Waals surface area (Å²) in [6, 6.07) is 8.02. The van der Waals surface area contributed by atoms with Gasteiger partial charge in [0.25, 0.3) is 0 Å². The van der Waals surface area contributed by atoms with Gasteiger partial charge in [-0.05, 0) is 42.9 Å².